The fraction of sp³-hybridized carbons (Fsp3) is 0.286. The highest BCUT2D eigenvalue weighted by atomic mass is 79.9. The first-order chi connectivity index (χ1) is 10.7. The van der Waals surface area contributed by atoms with Crippen molar-refractivity contribution in [2.45, 2.75) is 13.3 Å². The number of aryl methyl sites for hydroxylation is 1. The van der Waals surface area contributed by atoms with E-state index in [1.54, 1.807) is 6.92 Å². The fourth-order valence-electron chi connectivity index (χ4n) is 1.94. The number of alkyl halides is 3. The standard InChI is InChI=1S/C14H12BrF3N2O3/c1-3-22-13(21)10-7-11(20(2)19-10)9-6-8(15)4-5-12(9)23-14(16,17)18/h4-7H,3H2,1-2H3. The molecule has 0 fully saturated rings. The van der Waals surface area contributed by atoms with Crippen LogP contribution in [0.15, 0.2) is 28.7 Å². The molecule has 5 nitrogen and oxygen atoms in total. The van der Waals surface area contributed by atoms with E-state index in [2.05, 4.69) is 25.8 Å². The summed E-state index contributed by atoms with van der Waals surface area (Å²) in [4.78, 5) is 11.7. The van der Waals surface area contributed by atoms with Crippen molar-refractivity contribution >= 4 is 21.9 Å². The Balaban J connectivity index is 2.49. The smallest absolute Gasteiger partial charge is 0.461 e. The Morgan fingerprint density at radius 2 is 2.04 bits per heavy atom. The van der Waals surface area contributed by atoms with Crippen molar-refractivity contribution in [2.75, 3.05) is 6.61 Å². The van der Waals surface area contributed by atoms with E-state index in [4.69, 9.17) is 4.74 Å². The molecule has 2 rings (SSSR count). The molecule has 0 amide bonds. The number of carbonyl (C=O) groups excluding carboxylic acids is 1. The van der Waals surface area contributed by atoms with Crippen LogP contribution < -0.4 is 4.74 Å². The number of aromatic nitrogens is 2. The Labute approximate surface area is 138 Å². The Hall–Kier alpha value is -2.03. The van der Waals surface area contributed by atoms with Crippen LogP contribution in [0.3, 0.4) is 0 Å². The summed E-state index contributed by atoms with van der Waals surface area (Å²) < 4.78 is 48.3. The van der Waals surface area contributed by atoms with Crippen LogP contribution in [-0.4, -0.2) is 28.7 Å². The third-order valence-corrected chi connectivity index (χ3v) is 3.30. The van der Waals surface area contributed by atoms with Gasteiger partial charge >= 0.3 is 12.3 Å². The molecule has 23 heavy (non-hydrogen) atoms. The van der Waals surface area contributed by atoms with Crippen molar-refractivity contribution in [3.63, 3.8) is 0 Å². The molecule has 124 valence electrons. The molecule has 1 heterocycles. The summed E-state index contributed by atoms with van der Waals surface area (Å²) in [6, 6.07) is 5.41. The second kappa shape index (κ2) is 6.61. The fourth-order valence-corrected chi connectivity index (χ4v) is 2.30. The van der Waals surface area contributed by atoms with Crippen LogP contribution in [0.4, 0.5) is 13.2 Å². The number of esters is 1. The zero-order valence-electron chi connectivity index (χ0n) is 12.1. The molecule has 0 spiro atoms. The molecule has 0 bridgehead atoms. The van der Waals surface area contributed by atoms with E-state index in [1.807, 2.05) is 0 Å². The van der Waals surface area contributed by atoms with E-state index in [9.17, 15) is 18.0 Å². The number of ether oxygens (including phenoxy) is 2. The van der Waals surface area contributed by atoms with Gasteiger partial charge in [0.2, 0.25) is 0 Å². The Kier molecular flexibility index (Phi) is 4.98. The molecule has 0 saturated heterocycles. The van der Waals surface area contributed by atoms with Crippen molar-refractivity contribution in [3.8, 4) is 17.0 Å². The molecule has 1 aromatic heterocycles. The predicted molar refractivity (Wildman–Crippen MR) is 79.0 cm³/mol. The van der Waals surface area contributed by atoms with E-state index in [0.29, 0.717) is 4.47 Å². The van der Waals surface area contributed by atoms with Crippen LogP contribution in [0.1, 0.15) is 17.4 Å². The Morgan fingerprint density at radius 1 is 1.35 bits per heavy atom. The van der Waals surface area contributed by atoms with Gasteiger partial charge in [-0.3, -0.25) is 4.68 Å². The van der Waals surface area contributed by atoms with Gasteiger partial charge in [-0.05, 0) is 31.2 Å². The highest BCUT2D eigenvalue weighted by Gasteiger charge is 2.32. The topological polar surface area (TPSA) is 53.4 Å². The molecule has 9 heteroatoms. The highest BCUT2D eigenvalue weighted by molar-refractivity contribution is 9.10. The summed E-state index contributed by atoms with van der Waals surface area (Å²) in [6.07, 6.45) is -4.83. The molecule has 0 N–H and O–H groups in total. The molecule has 0 aliphatic heterocycles. The number of hydrogen-bond donors (Lipinski definition) is 0. The molecular formula is C14H12BrF3N2O3. The van der Waals surface area contributed by atoms with Gasteiger partial charge in [-0.2, -0.15) is 5.10 Å². The monoisotopic (exact) mass is 392 g/mol. The van der Waals surface area contributed by atoms with E-state index in [1.165, 1.54) is 36.0 Å². The lowest BCUT2D eigenvalue weighted by Crippen LogP contribution is -2.17. The number of rotatable bonds is 4. The first-order valence-corrected chi connectivity index (χ1v) is 7.27. The molecule has 0 radical (unpaired) electrons. The van der Waals surface area contributed by atoms with E-state index in [0.717, 1.165) is 0 Å². The summed E-state index contributed by atoms with van der Waals surface area (Å²) in [6.45, 7) is 1.81. The number of benzene rings is 1. The van der Waals surface area contributed by atoms with Gasteiger partial charge < -0.3 is 9.47 Å². The van der Waals surface area contributed by atoms with Gasteiger partial charge in [0, 0.05) is 17.1 Å². The number of halogens is 4. The van der Waals surface area contributed by atoms with Gasteiger partial charge in [0.15, 0.2) is 5.69 Å². The largest absolute Gasteiger partial charge is 0.573 e. The molecule has 1 aromatic carbocycles. The zero-order chi connectivity index (χ0) is 17.2. The number of hydrogen-bond acceptors (Lipinski definition) is 4. The zero-order valence-corrected chi connectivity index (χ0v) is 13.7. The summed E-state index contributed by atoms with van der Waals surface area (Å²) in [7, 11) is 1.51. The van der Waals surface area contributed by atoms with Crippen molar-refractivity contribution in [1.82, 2.24) is 9.78 Å². The minimum atomic E-state index is -4.83. The molecule has 0 atom stereocenters. The van der Waals surface area contributed by atoms with Crippen LogP contribution in [0.5, 0.6) is 5.75 Å². The first kappa shape index (κ1) is 17.3. The second-order valence-corrected chi connectivity index (χ2v) is 5.36. The number of nitrogens with zero attached hydrogens (tertiary/aromatic N) is 2. The summed E-state index contributed by atoms with van der Waals surface area (Å²) in [5.74, 6) is -1.04. The van der Waals surface area contributed by atoms with E-state index < -0.39 is 12.3 Å². The molecule has 0 aliphatic rings. The van der Waals surface area contributed by atoms with Crippen LogP contribution in [0.2, 0.25) is 0 Å². The van der Waals surface area contributed by atoms with Crippen LogP contribution >= 0.6 is 15.9 Å². The first-order valence-electron chi connectivity index (χ1n) is 6.48. The van der Waals surface area contributed by atoms with E-state index in [-0.39, 0.29) is 29.3 Å². The van der Waals surface area contributed by atoms with Crippen molar-refractivity contribution in [3.05, 3.63) is 34.4 Å². The van der Waals surface area contributed by atoms with Crippen LogP contribution in [0.25, 0.3) is 11.3 Å². The van der Waals surface area contributed by atoms with Gasteiger partial charge in [-0.1, -0.05) is 15.9 Å². The van der Waals surface area contributed by atoms with Crippen LogP contribution in [0, 0.1) is 0 Å². The molecule has 0 saturated carbocycles. The second-order valence-electron chi connectivity index (χ2n) is 4.45. The van der Waals surface area contributed by atoms with Crippen molar-refractivity contribution in [2.24, 2.45) is 7.05 Å². The molecular weight excluding hydrogens is 381 g/mol. The summed E-state index contributed by atoms with van der Waals surface area (Å²) in [5, 5.41) is 3.96. The van der Waals surface area contributed by atoms with Gasteiger partial charge in [-0.15, -0.1) is 13.2 Å². The Bertz CT molecular complexity index is 729. The molecule has 2 aromatic rings. The quantitative estimate of drug-likeness (QED) is 0.739. The van der Waals surface area contributed by atoms with Crippen molar-refractivity contribution < 1.29 is 27.4 Å². The SMILES string of the molecule is CCOC(=O)c1cc(-c2cc(Br)ccc2OC(F)(F)F)n(C)n1. The lowest BCUT2D eigenvalue weighted by molar-refractivity contribution is -0.274. The minimum Gasteiger partial charge on any atom is -0.461 e. The highest BCUT2D eigenvalue weighted by Crippen LogP contribution is 2.36. The third-order valence-electron chi connectivity index (χ3n) is 2.81. The van der Waals surface area contributed by atoms with Crippen molar-refractivity contribution in [1.29, 1.82) is 0 Å². The van der Waals surface area contributed by atoms with Gasteiger partial charge in [-0.25, -0.2) is 4.79 Å². The molecule has 0 aliphatic carbocycles. The molecule has 0 unspecified atom stereocenters. The number of carbonyl (C=O) groups is 1. The normalized spacial score (nSPS) is 11.4. The summed E-state index contributed by atoms with van der Waals surface area (Å²) in [5.41, 5.74) is 0.429. The summed E-state index contributed by atoms with van der Waals surface area (Å²) >= 11 is 3.20. The minimum absolute atomic E-state index is 0.00211. The van der Waals surface area contributed by atoms with Crippen LogP contribution in [-0.2, 0) is 11.8 Å². The van der Waals surface area contributed by atoms with Gasteiger partial charge in [0.05, 0.1) is 12.3 Å². The van der Waals surface area contributed by atoms with E-state index >= 15 is 0 Å². The maximum atomic E-state index is 12.5. The average molecular weight is 393 g/mol. The Morgan fingerprint density at radius 3 is 2.65 bits per heavy atom. The lowest BCUT2D eigenvalue weighted by Gasteiger charge is -2.13. The van der Waals surface area contributed by atoms with Gasteiger partial charge in [0.25, 0.3) is 0 Å². The lowest BCUT2D eigenvalue weighted by atomic mass is 10.1. The maximum Gasteiger partial charge on any atom is 0.573 e. The predicted octanol–water partition coefficient (Wildman–Crippen LogP) is 3.92. The maximum absolute atomic E-state index is 12.5. The average Bonchev–Trinajstić information content (AvgIpc) is 2.82. The third kappa shape index (κ3) is 4.25. The van der Waals surface area contributed by atoms with Gasteiger partial charge in [0.1, 0.15) is 5.75 Å².